The van der Waals surface area contributed by atoms with Gasteiger partial charge in [-0.25, -0.2) is 17.5 Å². The summed E-state index contributed by atoms with van der Waals surface area (Å²) >= 11 is 3.16. The summed E-state index contributed by atoms with van der Waals surface area (Å²) in [6.07, 6.45) is 0. The summed E-state index contributed by atoms with van der Waals surface area (Å²) in [6.45, 7) is 3.89. The predicted octanol–water partition coefficient (Wildman–Crippen LogP) is 4.40. The minimum atomic E-state index is -3.67. The molecule has 124 valence electrons. The van der Waals surface area contributed by atoms with Crippen LogP contribution in [-0.4, -0.2) is 8.42 Å². The smallest absolute Gasteiger partial charge is 0.212 e. The normalized spacial score (nSPS) is 13.3. The summed E-state index contributed by atoms with van der Waals surface area (Å²) in [5.41, 5.74) is 1.04. The minimum Gasteiger partial charge on any atom is -0.212 e. The van der Waals surface area contributed by atoms with Crippen LogP contribution in [0.15, 0.2) is 53.0 Å². The lowest BCUT2D eigenvalue weighted by molar-refractivity contribution is 0.462. The third-order valence-electron chi connectivity index (χ3n) is 3.49. The van der Waals surface area contributed by atoms with Gasteiger partial charge in [0.05, 0.1) is 5.75 Å². The molecule has 0 radical (unpaired) electrons. The molecule has 2 aromatic rings. The van der Waals surface area contributed by atoms with E-state index >= 15 is 0 Å². The highest BCUT2D eigenvalue weighted by Crippen LogP contribution is 2.24. The van der Waals surface area contributed by atoms with Crippen LogP contribution in [0.5, 0.6) is 0 Å². The lowest BCUT2D eigenvalue weighted by atomic mass is 9.97. The molecular formula is C17H19BrFNO2S. The fourth-order valence-corrected chi connectivity index (χ4v) is 4.18. The second-order valence-electron chi connectivity index (χ2n) is 5.75. The highest BCUT2D eigenvalue weighted by molar-refractivity contribution is 9.10. The Morgan fingerprint density at radius 2 is 1.78 bits per heavy atom. The molecule has 2 rings (SSSR count). The standard InChI is InChI=1S/C17H19BrFNO2S/c1-12(2)17(13-6-4-3-5-7-13)20-23(21,22)11-14-8-9-15(18)10-16(14)19/h3-10,12,17,20H,11H2,1-2H3/t17-/m0/s1. The van der Waals surface area contributed by atoms with Crippen LogP contribution in [0.3, 0.4) is 0 Å². The van der Waals surface area contributed by atoms with Crippen molar-refractivity contribution >= 4 is 26.0 Å². The fraction of sp³-hybridized carbons (Fsp3) is 0.294. The third-order valence-corrected chi connectivity index (χ3v) is 5.29. The first-order valence-corrected chi connectivity index (χ1v) is 9.72. The van der Waals surface area contributed by atoms with Crippen molar-refractivity contribution in [1.82, 2.24) is 4.72 Å². The van der Waals surface area contributed by atoms with Crippen molar-refractivity contribution in [2.75, 3.05) is 0 Å². The van der Waals surface area contributed by atoms with Crippen molar-refractivity contribution < 1.29 is 12.8 Å². The lowest BCUT2D eigenvalue weighted by Gasteiger charge is -2.23. The van der Waals surface area contributed by atoms with Crippen molar-refractivity contribution in [3.05, 3.63) is 69.9 Å². The van der Waals surface area contributed by atoms with E-state index < -0.39 is 15.8 Å². The summed E-state index contributed by atoms with van der Waals surface area (Å²) in [6, 6.07) is 13.4. The van der Waals surface area contributed by atoms with Crippen molar-refractivity contribution in [2.24, 2.45) is 5.92 Å². The molecule has 0 saturated heterocycles. The number of rotatable bonds is 6. The second kappa shape index (κ2) is 7.55. The SMILES string of the molecule is CC(C)[C@H](NS(=O)(=O)Cc1ccc(Br)cc1F)c1ccccc1. The fourth-order valence-electron chi connectivity index (χ4n) is 2.33. The van der Waals surface area contributed by atoms with Crippen LogP contribution >= 0.6 is 15.9 Å². The first-order chi connectivity index (χ1) is 10.8. The molecule has 6 heteroatoms. The van der Waals surface area contributed by atoms with Crippen molar-refractivity contribution in [3.8, 4) is 0 Å². The van der Waals surface area contributed by atoms with Gasteiger partial charge >= 0.3 is 0 Å². The van der Waals surface area contributed by atoms with Gasteiger partial charge in [-0.05, 0) is 23.6 Å². The molecule has 0 aliphatic heterocycles. The number of benzene rings is 2. The van der Waals surface area contributed by atoms with Crippen LogP contribution in [0.1, 0.15) is 31.0 Å². The molecule has 0 fully saturated rings. The maximum atomic E-state index is 13.9. The Hall–Kier alpha value is -1.24. The largest absolute Gasteiger partial charge is 0.216 e. The molecule has 0 saturated carbocycles. The van der Waals surface area contributed by atoms with E-state index in [0.29, 0.717) is 4.47 Å². The zero-order valence-electron chi connectivity index (χ0n) is 13.0. The Labute approximate surface area is 145 Å². The van der Waals surface area contributed by atoms with Gasteiger partial charge in [-0.1, -0.05) is 66.2 Å². The minimum absolute atomic E-state index is 0.0712. The van der Waals surface area contributed by atoms with Crippen molar-refractivity contribution in [3.63, 3.8) is 0 Å². The number of hydrogen-bond acceptors (Lipinski definition) is 2. The second-order valence-corrected chi connectivity index (χ2v) is 8.41. The Morgan fingerprint density at radius 3 is 2.35 bits per heavy atom. The van der Waals surface area contributed by atoms with Gasteiger partial charge < -0.3 is 0 Å². The molecule has 0 amide bonds. The highest BCUT2D eigenvalue weighted by atomic mass is 79.9. The lowest BCUT2D eigenvalue weighted by Crippen LogP contribution is -2.32. The van der Waals surface area contributed by atoms with Crippen LogP contribution in [0.2, 0.25) is 0 Å². The molecule has 0 aliphatic rings. The topological polar surface area (TPSA) is 46.2 Å². The molecule has 0 unspecified atom stereocenters. The molecule has 3 nitrogen and oxygen atoms in total. The van der Waals surface area contributed by atoms with E-state index in [0.717, 1.165) is 5.56 Å². The maximum Gasteiger partial charge on any atom is 0.216 e. The Kier molecular flexibility index (Phi) is 5.95. The highest BCUT2D eigenvalue weighted by Gasteiger charge is 2.23. The van der Waals surface area contributed by atoms with Crippen molar-refractivity contribution in [1.29, 1.82) is 0 Å². The maximum absolute atomic E-state index is 13.9. The van der Waals surface area contributed by atoms with E-state index in [1.165, 1.54) is 12.1 Å². The molecule has 23 heavy (non-hydrogen) atoms. The van der Waals surface area contributed by atoms with Gasteiger partial charge in [0.1, 0.15) is 5.82 Å². The molecular weight excluding hydrogens is 381 g/mol. The average molecular weight is 400 g/mol. The molecule has 2 aromatic carbocycles. The number of halogens is 2. The Bertz CT molecular complexity index is 763. The van der Waals surface area contributed by atoms with E-state index in [1.54, 1.807) is 6.07 Å². The van der Waals surface area contributed by atoms with E-state index in [-0.39, 0.29) is 23.3 Å². The first kappa shape index (κ1) is 18.1. The summed E-state index contributed by atoms with van der Waals surface area (Å²) in [7, 11) is -3.67. The van der Waals surface area contributed by atoms with E-state index in [1.807, 2.05) is 44.2 Å². The molecule has 1 atom stereocenters. The monoisotopic (exact) mass is 399 g/mol. The summed E-state index contributed by atoms with van der Waals surface area (Å²) in [5.74, 6) is -0.852. The number of nitrogens with one attached hydrogen (secondary N) is 1. The van der Waals surface area contributed by atoms with Gasteiger partial charge in [-0.2, -0.15) is 0 Å². The van der Waals surface area contributed by atoms with Crippen LogP contribution in [0, 0.1) is 11.7 Å². The van der Waals surface area contributed by atoms with E-state index in [2.05, 4.69) is 20.7 Å². The zero-order chi connectivity index (χ0) is 17.0. The van der Waals surface area contributed by atoms with Gasteiger partial charge in [-0.15, -0.1) is 0 Å². The van der Waals surface area contributed by atoms with Crippen LogP contribution in [-0.2, 0) is 15.8 Å². The van der Waals surface area contributed by atoms with Crippen LogP contribution in [0.4, 0.5) is 4.39 Å². The quantitative estimate of drug-likeness (QED) is 0.781. The number of sulfonamides is 1. The molecule has 0 aliphatic carbocycles. The van der Waals surface area contributed by atoms with Crippen molar-refractivity contribution in [2.45, 2.75) is 25.6 Å². The Balaban J connectivity index is 2.21. The van der Waals surface area contributed by atoms with Gasteiger partial charge in [0, 0.05) is 16.1 Å². The average Bonchev–Trinajstić information content (AvgIpc) is 2.48. The van der Waals surface area contributed by atoms with Crippen LogP contribution < -0.4 is 4.72 Å². The number of hydrogen-bond donors (Lipinski definition) is 1. The molecule has 0 spiro atoms. The van der Waals surface area contributed by atoms with Crippen LogP contribution in [0.25, 0.3) is 0 Å². The molecule has 0 heterocycles. The predicted molar refractivity (Wildman–Crippen MR) is 93.9 cm³/mol. The van der Waals surface area contributed by atoms with Gasteiger partial charge in [0.25, 0.3) is 0 Å². The molecule has 1 N–H and O–H groups in total. The van der Waals surface area contributed by atoms with Gasteiger partial charge in [0.15, 0.2) is 0 Å². The van der Waals surface area contributed by atoms with Gasteiger partial charge in [-0.3, -0.25) is 0 Å². The molecule has 0 bridgehead atoms. The zero-order valence-corrected chi connectivity index (χ0v) is 15.4. The van der Waals surface area contributed by atoms with Gasteiger partial charge in [0.2, 0.25) is 10.0 Å². The molecule has 0 aromatic heterocycles. The van der Waals surface area contributed by atoms with E-state index in [9.17, 15) is 12.8 Å². The Morgan fingerprint density at radius 1 is 1.13 bits per heavy atom. The summed E-state index contributed by atoms with van der Waals surface area (Å²) in [4.78, 5) is 0. The summed E-state index contributed by atoms with van der Waals surface area (Å²) in [5, 5.41) is 0. The first-order valence-electron chi connectivity index (χ1n) is 7.27. The summed E-state index contributed by atoms with van der Waals surface area (Å²) < 4.78 is 42.0. The van der Waals surface area contributed by atoms with E-state index in [4.69, 9.17) is 0 Å². The third kappa shape index (κ3) is 5.12.